The summed E-state index contributed by atoms with van der Waals surface area (Å²) in [6.07, 6.45) is 0.171. The van der Waals surface area contributed by atoms with E-state index in [-0.39, 0.29) is 24.0 Å². The summed E-state index contributed by atoms with van der Waals surface area (Å²) in [5, 5.41) is 5.33. The van der Waals surface area contributed by atoms with Gasteiger partial charge in [-0.3, -0.25) is 29.4 Å². The van der Waals surface area contributed by atoms with Crippen LogP contribution in [-0.4, -0.2) is 140 Å². The van der Waals surface area contributed by atoms with Crippen molar-refractivity contribution in [2.75, 3.05) is 117 Å². The second kappa shape index (κ2) is 22.6. The van der Waals surface area contributed by atoms with E-state index in [1.54, 1.807) is 30.3 Å². The minimum Gasteiger partial charge on any atom is -0.491 e. The number of imide groups is 2. The number of rotatable bonds is 27. The Kier molecular flexibility index (Phi) is 17.6. The topological polar surface area (TPSA) is 195 Å². The fourth-order valence-electron chi connectivity index (χ4n) is 5.12. The first-order valence-electron chi connectivity index (χ1n) is 17.1. The van der Waals surface area contributed by atoms with Crippen molar-refractivity contribution in [1.29, 1.82) is 0 Å². The maximum Gasteiger partial charge on any atom is 0.264 e. The van der Waals surface area contributed by atoms with E-state index in [4.69, 9.17) is 43.6 Å². The van der Waals surface area contributed by atoms with Crippen LogP contribution in [0.5, 0.6) is 5.75 Å². The van der Waals surface area contributed by atoms with Crippen molar-refractivity contribution < 1.29 is 57.1 Å². The van der Waals surface area contributed by atoms with Crippen LogP contribution in [0, 0.1) is 0 Å². The van der Waals surface area contributed by atoms with Crippen molar-refractivity contribution >= 4 is 35.0 Å². The molecule has 2 heterocycles. The average Bonchev–Trinajstić information content (AvgIpc) is 3.38. The number of piperidine rings is 1. The van der Waals surface area contributed by atoms with E-state index in [2.05, 4.69) is 10.6 Å². The Balaban J connectivity index is 0.885. The average molecular weight is 717 g/mol. The Morgan fingerprint density at radius 3 is 1.69 bits per heavy atom. The lowest BCUT2D eigenvalue weighted by Crippen LogP contribution is -2.54. The zero-order valence-electron chi connectivity index (χ0n) is 28.8. The third-order valence-corrected chi connectivity index (χ3v) is 7.64. The van der Waals surface area contributed by atoms with Crippen molar-refractivity contribution in [2.45, 2.75) is 18.9 Å². The highest BCUT2D eigenvalue weighted by atomic mass is 16.6. The summed E-state index contributed by atoms with van der Waals surface area (Å²) in [5.41, 5.74) is 7.25. The molecule has 51 heavy (non-hydrogen) atoms. The number of hydrogen-bond donors (Lipinski definition) is 3. The Bertz CT molecular complexity index is 1390. The fourth-order valence-corrected chi connectivity index (χ4v) is 5.12. The van der Waals surface area contributed by atoms with Crippen LogP contribution in [0.3, 0.4) is 0 Å². The van der Waals surface area contributed by atoms with Crippen LogP contribution in [-0.2, 0) is 42.7 Å². The largest absolute Gasteiger partial charge is 0.491 e. The maximum atomic E-state index is 13.1. The number of anilines is 2. The molecule has 2 aliphatic rings. The van der Waals surface area contributed by atoms with Gasteiger partial charge in [0.15, 0.2) is 0 Å². The molecule has 1 atom stereocenters. The molecule has 1 fully saturated rings. The number of fused-ring (bicyclic) bond motifs is 1. The molecule has 4 rings (SSSR count). The molecule has 0 aromatic heterocycles. The van der Waals surface area contributed by atoms with Gasteiger partial charge in [0.1, 0.15) is 18.4 Å². The molecule has 0 aliphatic carbocycles. The number of nitrogens with one attached hydrogen (secondary N) is 2. The lowest BCUT2D eigenvalue weighted by molar-refractivity contribution is -0.136. The van der Waals surface area contributed by atoms with Crippen LogP contribution in [0.1, 0.15) is 33.6 Å². The van der Waals surface area contributed by atoms with Gasteiger partial charge in [0.25, 0.3) is 11.8 Å². The number of benzene rings is 2. The predicted molar refractivity (Wildman–Crippen MR) is 184 cm³/mol. The quantitative estimate of drug-likeness (QED) is 0.0680. The number of nitrogens with two attached hydrogens (primary N) is 1. The minimum atomic E-state index is -1.01. The molecule has 0 spiro atoms. The lowest BCUT2D eigenvalue weighted by Gasteiger charge is -2.27. The summed E-state index contributed by atoms with van der Waals surface area (Å²) < 4.78 is 44.0. The minimum absolute atomic E-state index is 0.0664. The van der Waals surface area contributed by atoms with Crippen LogP contribution in [0.15, 0.2) is 42.5 Å². The number of nitrogen functional groups attached to an aromatic ring is 1. The van der Waals surface area contributed by atoms with Gasteiger partial charge in [-0.1, -0.05) is 6.07 Å². The second-order valence-corrected chi connectivity index (χ2v) is 11.3. The second-order valence-electron chi connectivity index (χ2n) is 11.3. The van der Waals surface area contributed by atoms with E-state index in [0.29, 0.717) is 117 Å². The molecule has 16 nitrogen and oxygen atoms in total. The highest BCUT2D eigenvalue weighted by Crippen LogP contribution is 2.32. The monoisotopic (exact) mass is 716 g/mol. The molecule has 4 N–H and O–H groups in total. The van der Waals surface area contributed by atoms with E-state index >= 15 is 0 Å². The van der Waals surface area contributed by atoms with E-state index in [1.807, 2.05) is 12.1 Å². The molecule has 1 saturated heterocycles. The van der Waals surface area contributed by atoms with Crippen LogP contribution in [0.2, 0.25) is 0 Å². The number of amides is 4. The van der Waals surface area contributed by atoms with Gasteiger partial charge < -0.3 is 48.9 Å². The molecule has 16 heteroatoms. The summed E-state index contributed by atoms with van der Waals surface area (Å²) in [4.78, 5) is 50.8. The molecule has 2 aromatic carbocycles. The maximum absolute atomic E-state index is 13.1. The number of nitrogens with zero attached hydrogens (tertiary/aromatic N) is 1. The molecule has 280 valence electrons. The zero-order valence-corrected chi connectivity index (χ0v) is 28.8. The van der Waals surface area contributed by atoms with Gasteiger partial charge in [-0.05, 0) is 42.8 Å². The normalized spacial score (nSPS) is 15.7. The highest BCUT2D eigenvalue weighted by molar-refractivity contribution is 6.25. The summed E-state index contributed by atoms with van der Waals surface area (Å²) in [5.74, 6) is -1.41. The van der Waals surface area contributed by atoms with Crippen molar-refractivity contribution in [3.63, 3.8) is 0 Å². The Hall–Kier alpha value is -4.16. The van der Waals surface area contributed by atoms with Crippen molar-refractivity contribution in [2.24, 2.45) is 0 Å². The van der Waals surface area contributed by atoms with E-state index in [9.17, 15) is 19.2 Å². The Morgan fingerprint density at radius 1 is 0.647 bits per heavy atom. The Morgan fingerprint density at radius 2 is 1.16 bits per heavy atom. The van der Waals surface area contributed by atoms with Gasteiger partial charge in [-0.15, -0.1) is 0 Å². The molecular formula is C35H48N4O12. The molecule has 0 bridgehead atoms. The first-order chi connectivity index (χ1) is 25.0. The van der Waals surface area contributed by atoms with Crippen LogP contribution in [0.4, 0.5) is 11.4 Å². The fraction of sp³-hybridized carbons (Fsp3) is 0.543. The third-order valence-electron chi connectivity index (χ3n) is 7.64. The molecule has 2 aliphatic heterocycles. The zero-order chi connectivity index (χ0) is 36.1. The first-order valence-corrected chi connectivity index (χ1v) is 17.1. The number of carbonyl (C=O) groups excluding carboxylic acids is 4. The SMILES string of the molecule is Nc1ccc(OCCOCCOCCOCCOCCOCCOCCOCCNc2cccc3c2C(=O)N(C2CCC(=O)NC2=O)C3=O)cc1. The van der Waals surface area contributed by atoms with E-state index in [1.165, 1.54) is 0 Å². The molecule has 1 unspecified atom stereocenters. The summed E-state index contributed by atoms with van der Waals surface area (Å²) >= 11 is 0. The van der Waals surface area contributed by atoms with Gasteiger partial charge in [0.2, 0.25) is 11.8 Å². The van der Waals surface area contributed by atoms with Gasteiger partial charge in [-0.2, -0.15) is 0 Å². The van der Waals surface area contributed by atoms with Crippen LogP contribution in [0.25, 0.3) is 0 Å². The number of carbonyl (C=O) groups is 4. The van der Waals surface area contributed by atoms with Gasteiger partial charge in [0.05, 0.1) is 104 Å². The highest BCUT2D eigenvalue weighted by Gasteiger charge is 2.45. The molecule has 2 aromatic rings. The predicted octanol–water partition coefficient (Wildman–Crippen LogP) is 1.28. The van der Waals surface area contributed by atoms with Gasteiger partial charge in [0, 0.05) is 24.3 Å². The summed E-state index contributed by atoms with van der Waals surface area (Å²) in [7, 11) is 0. The summed E-state index contributed by atoms with van der Waals surface area (Å²) in [6.45, 7) is 7.02. The van der Waals surface area contributed by atoms with Crippen molar-refractivity contribution in [3.8, 4) is 5.75 Å². The Labute approximate surface area is 297 Å². The van der Waals surface area contributed by atoms with Crippen LogP contribution >= 0.6 is 0 Å². The molecule has 0 saturated carbocycles. The smallest absolute Gasteiger partial charge is 0.264 e. The number of ether oxygens (including phenoxy) is 8. The van der Waals surface area contributed by atoms with Crippen molar-refractivity contribution in [3.05, 3.63) is 53.6 Å². The van der Waals surface area contributed by atoms with Gasteiger partial charge >= 0.3 is 0 Å². The molecule has 0 radical (unpaired) electrons. The van der Waals surface area contributed by atoms with Crippen LogP contribution < -0.4 is 21.1 Å². The third kappa shape index (κ3) is 13.5. The van der Waals surface area contributed by atoms with Crippen molar-refractivity contribution in [1.82, 2.24) is 10.2 Å². The van der Waals surface area contributed by atoms with E-state index < -0.39 is 29.7 Å². The first kappa shape index (κ1) is 39.6. The lowest BCUT2D eigenvalue weighted by atomic mass is 10.0. The molecule has 4 amide bonds. The number of hydrogen-bond acceptors (Lipinski definition) is 14. The van der Waals surface area contributed by atoms with E-state index in [0.717, 1.165) is 10.6 Å². The standard InChI is InChI=1S/C35H48N4O12/c36-26-4-6-27(7-5-26)51-25-24-50-23-22-49-21-20-48-19-18-47-17-16-46-15-14-45-13-12-44-11-10-37-29-3-1-2-28-32(29)35(43)39(34(28)42)30-8-9-31(40)38-33(30)41/h1-7,30,37H,8-25,36H2,(H,38,40,41). The molecular weight excluding hydrogens is 668 g/mol. The van der Waals surface area contributed by atoms with Gasteiger partial charge in [-0.25, -0.2) is 0 Å². The summed E-state index contributed by atoms with van der Waals surface area (Å²) in [6, 6.07) is 11.1.